The smallest absolute Gasteiger partial charge is 0.396 e. The molecule has 7 unspecified atom stereocenters. The van der Waals surface area contributed by atoms with E-state index in [0.717, 1.165) is 0 Å². The zero-order chi connectivity index (χ0) is 37.2. The summed E-state index contributed by atoms with van der Waals surface area (Å²) >= 11 is 0. The van der Waals surface area contributed by atoms with E-state index < -0.39 is 125 Å². The molecule has 30 heteroatoms. The highest BCUT2D eigenvalue weighted by atomic mass is 31.2. The first-order valence-corrected chi connectivity index (χ1v) is 23.5. The second-order valence-corrected chi connectivity index (χ2v) is 19.1. The topological polar surface area (TPSA) is 349 Å². The largest absolute Gasteiger partial charge is 0.472 e. The SMILES string of the molecule is CCCC1CC(COP(=O)(O)O)COP(=O)(O)OCCOP(=O)(O)OCCOP(=O)(O)OCCOP(=O)(O)OCCO[P+]1(O)OCCCO. The second-order valence-electron chi connectivity index (χ2n) is 9.64. The average molecular weight is 843 g/mol. The summed E-state index contributed by atoms with van der Waals surface area (Å²) in [6.45, 7) is -6.25. The van der Waals surface area contributed by atoms with E-state index in [9.17, 15) is 62.2 Å². The first-order valence-electron chi connectivity index (χ1n) is 14.3. The van der Waals surface area contributed by atoms with Crippen molar-refractivity contribution in [1.82, 2.24) is 0 Å². The molecule has 0 bridgehead atoms. The van der Waals surface area contributed by atoms with Gasteiger partial charge >= 0.3 is 47.1 Å². The summed E-state index contributed by atoms with van der Waals surface area (Å²) in [5.41, 5.74) is -0.986. The van der Waals surface area contributed by atoms with E-state index in [0.29, 0.717) is 6.42 Å². The lowest BCUT2D eigenvalue weighted by atomic mass is 10.0. The normalized spacial score (nSPS) is 37.0. The molecular weight excluding hydrogens is 798 g/mol. The van der Waals surface area contributed by atoms with Crippen LogP contribution in [0, 0.1) is 5.92 Å². The van der Waals surface area contributed by atoms with Crippen LogP contribution in [-0.4, -0.2) is 124 Å². The number of hydrogen-bond acceptors (Lipinski definition) is 18. The average Bonchev–Trinajstić information content (AvgIpc) is 2.98. The molecule has 1 aliphatic heterocycles. The van der Waals surface area contributed by atoms with Crippen LogP contribution in [0.3, 0.4) is 0 Å². The first-order chi connectivity index (χ1) is 22.6. The molecular formula is C19H45O24P6+. The van der Waals surface area contributed by atoms with Crippen molar-refractivity contribution < 1.29 is 112 Å². The molecule has 0 spiro atoms. The number of aliphatic hydroxyl groups excluding tert-OH is 1. The van der Waals surface area contributed by atoms with E-state index in [1.165, 1.54) is 0 Å². The molecule has 7 atom stereocenters. The Morgan fingerprint density at radius 3 is 1.53 bits per heavy atom. The Kier molecular flexibility index (Phi) is 22.4. The van der Waals surface area contributed by atoms with Crippen LogP contribution in [0.5, 0.6) is 0 Å². The minimum atomic E-state index is -5.06. The zero-order valence-electron chi connectivity index (χ0n) is 26.3. The summed E-state index contributed by atoms with van der Waals surface area (Å²) < 4.78 is 113. The van der Waals surface area contributed by atoms with Gasteiger partial charge in [0.25, 0.3) is 0 Å². The van der Waals surface area contributed by atoms with Gasteiger partial charge in [0.15, 0.2) is 5.66 Å². The summed E-state index contributed by atoms with van der Waals surface area (Å²) in [4.78, 5) is 69.4. The van der Waals surface area contributed by atoms with Gasteiger partial charge in [-0.2, -0.15) is 13.9 Å². The fourth-order valence-electron chi connectivity index (χ4n) is 3.61. The lowest BCUT2D eigenvalue weighted by Gasteiger charge is -2.28. The van der Waals surface area contributed by atoms with E-state index in [2.05, 4.69) is 31.7 Å². The molecule has 49 heavy (non-hydrogen) atoms. The van der Waals surface area contributed by atoms with E-state index in [4.69, 9.17) is 18.1 Å². The zero-order valence-corrected chi connectivity index (χ0v) is 31.6. The lowest BCUT2D eigenvalue weighted by Crippen LogP contribution is -2.27. The van der Waals surface area contributed by atoms with Crippen molar-refractivity contribution in [3.63, 3.8) is 0 Å². The highest BCUT2D eigenvalue weighted by Crippen LogP contribution is 2.64. The van der Waals surface area contributed by atoms with Gasteiger partial charge in [-0.05, 0) is 19.3 Å². The van der Waals surface area contributed by atoms with E-state index >= 15 is 0 Å². The Morgan fingerprint density at radius 1 is 0.735 bits per heavy atom. The van der Waals surface area contributed by atoms with Gasteiger partial charge in [-0.1, -0.05) is 13.3 Å². The van der Waals surface area contributed by atoms with E-state index in [-0.39, 0.29) is 32.5 Å². The molecule has 0 radical (unpaired) electrons. The van der Waals surface area contributed by atoms with Crippen molar-refractivity contribution in [2.24, 2.45) is 5.92 Å². The van der Waals surface area contributed by atoms with Gasteiger partial charge in [0.1, 0.15) is 6.61 Å². The molecule has 1 rings (SSSR count). The Morgan fingerprint density at radius 2 is 1.14 bits per heavy atom. The van der Waals surface area contributed by atoms with Gasteiger partial charge in [-0.3, -0.25) is 40.7 Å². The second kappa shape index (κ2) is 22.9. The highest BCUT2D eigenvalue weighted by molar-refractivity contribution is 7.61. The molecule has 1 saturated heterocycles. The van der Waals surface area contributed by atoms with Gasteiger partial charge in [0.2, 0.25) is 0 Å². The summed E-state index contributed by atoms with van der Waals surface area (Å²) in [5, 5.41) is 9.19. The van der Waals surface area contributed by atoms with Crippen molar-refractivity contribution in [2.45, 2.75) is 38.3 Å². The standard InChI is InChI=1S/C19H44O24P6/c1-2-4-19-15-18(16-42-45(22,23)24)17-43-49(31,32)41-14-13-40-48(29,30)39-12-11-38-47(27,28)37-10-9-36-46(25,26)35-8-7-34-44(19,21)33-6-3-5-20/h18-21H,2-17H2,1H3,(H5-,22,23,24,25,26,27,28,29,30,31,32)/p+1. The van der Waals surface area contributed by atoms with Crippen LogP contribution in [0.2, 0.25) is 0 Å². The third kappa shape index (κ3) is 23.3. The fraction of sp³-hybridized carbons (Fsp3) is 1.00. The van der Waals surface area contributed by atoms with Gasteiger partial charge in [0.05, 0.1) is 66.1 Å². The minimum absolute atomic E-state index is 0.0506. The van der Waals surface area contributed by atoms with Gasteiger partial charge in [-0.25, -0.2) is 22.8 Å². The van der Waals surface area contributed by atoms with E-state index in [1.54, 1.807) is 6.92 Å². The van der Waals surface area contributed by atoms with Crippen molar-refractivity contribution in [2.75, 3.05) is 79.3 Å². The van der Waals surface area contributed by atoms with E-state index in [1.807, 2.05) is 0 Å². The van der Waals surface area contributed by atoms with Crippen LogP contribution < -0.4 is 0 Å². The van der Waals surface area contributed by atoms with Gasteiger partial charge < -0.3 is 34.5 Å². The molecule has 1 aliphatic rings. The lowest BCUT2D eigenvalue weighted by molar-refractivity contribution is 0.0698. The Bertz CT molecular complexity index is 1190. The Hall–Kier alpha value is 0.820. The number of phosphoric acid groups is 5. The fourth-order valence-corrected chi connectivity index (χ4v) is 9.22. The van der Waals surface area contributed by atoms with Crippen LogP contribution in [-0.2, 0) is 72.6 Å². The summed E-state index contributed by atoms with van der Waals surface area (Å²) in [5.74, 6) is -1.13. The molecule has 1 fully saturated rings. The number of aliphatic hydroxyl groups is 1. The quantitative estimate of drug-likeness (QED) is 0.121. The summed E-state index contributed by atoms with van der Waals surface area (Å²) in [6.07, 6.45) is 0.322. The molecule has 0 amide bonds. The predicted octanol–water partition coefficient (Wildman–Crippen LogP) is 1.99. The first kappa shape index (κ1) is 47.8. The van der Waals surface area contributed by atoms with Crippen LogP contribution in [0.25, 0.3) is 0 Å². The van der Waals surface area contributed by atoms with Crippen LogP contribution in [0.15, 0.2) is 0 Å². The third-order valence-electron chi connectivity index (χ3n) is 5.61. The summed E-state index contributed by atoms with van der Waals surface area (Å²) in [6, 6.07) is 0. The minimum Gasteiger partial charge on any atom is -0.396 e. The molecule has 1 heterocycles. The third-order valence-corrected chi connectivity index (χ3v) is 12.6. The van der Waals surface area contributed by atoms with Crippen molar-refractivity contribution in [3.05, 3.63) is 0 Å². The van der Waals surface area contributed by atoms with Gasteiger partial charge in [0, 0.05) is 12.5 Å². The maximum atomic E-state index is 12.5. The molecule has 0 saturated carbocycles. The molecule has 294 valence electrons. The van der Waals surface area contributed by atoms with Gasteiger partial charge in [-0.15, -0.1) is 0 Å². The Balaban J connectivity index is 3.24. The Labute approximate surface area is 282 Å². The van der Waals surface area contributed by atoms with Crippen molar-refractivity contribution >= 4 is 47.1 Å². The number of rotatable bonds is 9. The molecule has 0 aromatic rings. The summed E-state index contributed by atoms with van der Waals surface area (Å²) in [7, 11) is -28.5. The molecule has 8 N–H and O–H groups in total. The monoisotopic (exact) mass is 843 g/mol. The molecule has 0 aromatic carbocycles. The molecule has 0 aliphatic carbocycles. The maximum absolute atomic E-state index is 12.5. The number of phosphoric ester groups is 5. The highest BCUT2D eigenvalue weighted by Gasteiger charge is 2.51. The van der Waals surface area contributed by atoms with Crippen LogP contribution >= 0.6 is 47.1 Å². The predicted molar refractivity (Wildman–Crippen MR) is 164 cm³/mol. The number of hydrogen-bond donors (Lipinski definition) is 8. The molecule has 0 aromatic heterocycles. The van der Waals surface area contributed by atoms with Crippen molar-refractivity contribution in [1.29, 1.82) is 0 Å². The van der Waals surface area contributed by atoms with Crippen LogP contribution in [0.4, 0.5) is 0 Å². The van der Waals surface area contributed by atoms with Crippen molar-refractivity contribution in [3.8, 4) is 0 Å². The maximum Gasteiger partial charge on any atom is 0.472 e. The van der Waals surface area contributed by atoms with Crippen LogP contribution in [0.1, 0.15) is 32.6 Å². The molecule has 24 nitrogen and oxygen atoms in total.